The van der Waals surface area contributed by atoms with Gasteiger partial charge in [0.15, 0.2) is 5.11 Å². The van der Waals surface area contributed by atoms with Crippen LogP contribution in [0.5, 0.6) is 11.5 Å². The number of nitrogens with one attached hydrogen (secondary N) is 2. The monoisotopic (exact) mass is 515 g/mol. The van der Waals surface area contributed by atoms with Gasteiger partial charge in [-0.3, -0.25) is 19.7 Å². The van der Waals surface area contributed by atoms with Crippen LogP contribution in [-0.4, -0.2) is 80.5 Å². The Morgan fingerprint density at radius 3 is 2.36 bits per heavy atom. The molecular formula is C25H29N3O7S. The summed E-state index contributed by atoms with van der Waals surface area (Å²) in [6.07, 6.45) is -0.222. The van der Waals surface area contributed by atoms with Gasteiger partial charge >= 0.3 is 5.97 Å². The van der Waals surface area contributed by atoms with E-state index in [0.29, 0.717) is 43.4 Å². The van der Waals surface area contributed by atoms with Gasteiger partial charge in [-0.25, -0.2) is 0 Å². The highest BCUT2D eigenvalue weighted by Crippen LogP contribution is 2.14. The van der Waals surface area contributed by atoms with E-state index in [1.54, 1.807) is 43.5 Å². The highest BCUT2D eigenvalue weighted by molar-refractivity contribution is 7.80. The Bertz CT molecular complexity index is 1030. The van der Waals surface area contributed by atoms with Gasteiger partial charge in [-0.1, -0.05) is 18.2 Å². The Kier molecular flexibility index (Phi) is 10.5. The van der Waals surface area contributed by atoms with Crippen molar-refractivity contribution in [3.63, 3.8) is 0 Å². The lowest BCUT2D eigenvalue weighted by molar-refractivity contribution is -0.148. The third-order valence-corrected chi connectivity index (χ3v) is 5.54. The summed E-state index contributed by atoms with van der Waals surface area (Å²) in [5.74, 6) is -0.106. The first kappa shape index (κ1) is 26.9. The first-order chi connectivity index (χ1) is 17.5. The topological polar surface area (TPSA) is 115 Å². The van der Waals surface area contributed by atoms with Crippen molar-refractivity contribution in [3.05, 3.63) is 60.2 Å². The molecule has 1 atom stereocenters. The van der Waals surface area contributed by atoms with Crippen molar-refractivity contribution >= 4 is 35.1 Å². The SMILES string of the molecule is COCCOc1ccc(C(=O)NC(=S)N2CCNC(=O)C2CC(=O)OCCOc2ccccc2)cc1. The van der Waals surface area contributed by atoms with Gasteiger partial charge in [0.05, 0.1) is 13.0 Å². The molecule has 1 aliphatic heterocycles. The fourth-order valence-corrected chi connectivity index (χ4v) is 3.71. The average Bonchev–Trinajstić information content (AvgIpc) is 2.89. The third-order valence-electron chi connectivity index (χ3n) is 5.20. The molecule has 3 rings (SSSR count). The highest BCUT2D eigenvalue weighted by atomic mass is 32.1. The number of benzene rings is 2. The Labute approximate surface area is 214 Å². The molecule has 1 heterocycles. The predicted octanol–water partition coefficient (Wildman–Crippen LogP) is 1.54. The van der Waals surface area contributed by atoms with Crippen molar-refractivity contribution in [1.82, 2.24) is 15.5 Å². The number of ether oxygens (including phenoxy) is 4. The minimum absolute atomic E-state index is 0.0361. The number of methoxy groups -OCH3 is 1. The van der Waals surface area contributed by atoms with E-state index in [2.05, 4.69) is 10.6 Å². The van der Waals surface area contributed by atoms with Crippen LogP contribution in [0.2, 0.25) is 0 Å². The minimum atomic E-state index is -0.898. The van der Waals surface area contributed by atoms with E-state index < -0.39 is 17.9 Å². The molecule has 0 spiro atoms. The number of esters is 1. The molecule has 0 radical (unpaired) electrons. The van der Waals surface area contributed by atoms with Crippen LogP contribution in [0.1, 0.15) is 16.8 Å². The van der Waals surface area contributed by atoms with E-state index in [1.165, 1.54) is 4.90 Å². The van der Waals surface area contributed by atoms with Crippen LogP contribution < -0.4 is 20.1 Å². The molecule has 192 valence electrons. The molecule has 2 amide bonds. The number of thiocarbonyl (C=S) groups is 1. The van der Waals surface area contributed by atoms with E-state index in [-0.39, 0.29) is 30.7 Å². The molecule has 0 aliphatic carbocycles. The maximum Gasteiger partial charge on any atom is 0.308 e. The molecule has 1 fully saturated rings. The van der Waals surface area contributed by atoms with Crippen molar-refractivity contribution in [2.24, 2.45) is 0 Å². The Hall–Kier alpha value is -3.70. The Morgan fingerprint density at radius 2 is 1.67 bits per heavy atom. The van der Waals surface area contributed by atoms with Gasteiger partial charge in [-0.2, -0.15) is 0 Å². The number of piperazine rings is 1. The highest BCUT2D eigenvalue weighted by Gasteiger charge is 2.34. The number of hydrogen-bond acceptors (Lipinski definition) is 8. The molecule has 2 aromatic rings. The van der Waals surface area contributed by atoms with E-state index in [1.807, 2.05) is 18.2 Å². The minimum Gasteiger partial charge on any atom is -0.491 e. The number of hydrogen-bond donors (Lipinski definition) is 2. The lowest BCUT2D eigenvalue weighted by Gasteiger charge is -2.36. The molecule has 11 heteroatoms. The summed E-state index contributed by atoms with van der Waals surface area (Å²) in [6.45, 7) is 1.74. The summed E-state index contributed by atoms with van der Waals surface area (Å²) in [6, 6.07) is 14.8. The number of amides is 2. The summed E-state index contributed by atoms with van der Waals surface area (Å²) < 4.78 is 21.1. The first-order valence-corrected chi connectivity index (χ1v) is 11.8. The second-order valence-electron chi connectivity index (χ2n) is 7.71. The molecule has 0 bridgehead atoms. The maximum absolute atomic E-state index is 12.7. The summed E-state index contributed by atoms with van der Waals surface area (Å²) in [4.78, 5) is 39.1. The molecule has 10 nitrogen and oxygen atoms in total. The average molecular weight is 516 g/mol. The van der Waals surface area contributed by atoms with Crippen molar-refractivity contribution in [3.8, 4) is 11.5 Å². The van der Waals surface area contributed by atoms with Crippen molar-refractivity contribution in [1.29, 1.82) is 0 Å². The van der Waals surface area contributed by atoms with Crippen LogP contribution in [0, 0.1) is 0 Å². The van der Waals surface area contributed by atoms with Crippen LogP contribution in [0.4, 0.5) is 0 Å². The maximum atomic E-state index is 12.7. The molecular weight excluding hydrogens is 486 g/mol. The van der Waals surface area contributed by atoms with Gasteiger partial charge in [0.1, 0.15) is 37.4 Å². The number of rotatable bonds is 11. The van der Waals surface area contributed by atoms with Crippen molar-refractivity contribution in [2.75, 3.05) is 46.6 Å². The zero-order valence-corrected chi connectivity index (χ0v) is 20.8. The lowest BCUT2D eigenvalue weighted by Crippen LogP contribution is -2.60. The Morgan fingerprint density at radius 1 is 1.00 bits per heavy atom. The second kappa shape index (κ2) is 14.0. The first-order valence-electron chi connectivity index (χ1n) is 11.4. The zero-order valence-electron chi connectivity index (χ0n) is 19.9. The van der Waals surface area contributed by atoms with Crippen LogP contribution >= 0.6 is 12.2 Å². The van der Waals surface area contributed by atoms with Gasteiger partial charge in [-0.05, 0) is 48.6 Å². The van der Waals surface area contributed by atoms with E-state index >= 15 is 0 Å². The molecule has 1 unspecified atom stereocenters. The van der Waals surface area contributed by atoms with Gasteiger partial charge < -0.3 is 29.2 Å². The van der Waals surface area contributed by atoms with Gasteiger partial charge in [0.25, 0.3) is 5.91 Å². The number of carbonyl (C=O) groups is 3. The normalized spacial score (nSPS) is 15.0. The van der Waals surface area contributed by atoms with E-state index in [9.17, 15) is 14.4 Å². The van der Waals surface area contributed by atoms with Crippen LogP contribution in [0.15, 0.2) is 54.6 Å². The van der Waals surface area contributed by atoms with Crippen molar-refractivity contribution < 1.29 is 33.3 Å². The summed E-state index contributed by atoms with van der Waals surface area (Å²) in [5.41, 5.74) is 0.368. The molecule has 2 N–H and O–H groups in total. The van der Waals surface area contributed by atoms with E-state index in [0.717, 1.165) is 0 Å². The van der Waals surface area contributed by atoms with Crippen LogP contribution in [0.25, 0.3) is 0 Å². The summed E-state index contributed by atoms with van der Waals surface area (Å²) in [7, 11) is 1.58. The third kappa shape index (κ3) is 8.21. The van der Waals surface area contributed by atoms with Gasteiger partial charge in [0.2, 0.25) is 5.91 Å². The number of para-hydroxylation sites is 1. The largest absolute Gasteiger partial charge is 0.491 e. The number of nitrogens with zero attached hydrogens (tertiary/aromatic N) is 1. The fraction of sp³-hybridized carbons (Fsp3) is 0.360. The summed E-state index contributed by atoms with van der Waals surface area (Å²) in [5, 5.41) is 5.41. The van der Waals surface area contributed by atoms with Gasteiger partial charge in [0, 0.05) is 25.8 Å². The van der Waals surface area contributed by atoms with Crippen molar-refractivity contribution in [2.45, 2.75) is 12.5 Å². The molecule has 0 saturated carbocycles. The zero-order chi connectivity index (χ0) is 25.8. The quantitative estimate of drug-likeness (QED) is 0.261. The lowest BCUT2D eigenvalue weighted by atomic mass is 10.1. The van der Waals surface area contributed by atoms with Crippen LogP contribution in [-0.2, 0) is 19.1 Å². The van der Waals surface area contributed by atoms with E-state index in [4.69, 9.17) is 31.2 Å². The second-order valence-corrected chi connectivity index (χ2v) is 8.10. The molecule has 36 heavy (non-hydrogen) atoms. The number of carbonyl (C=O) groups excluding carboxylic acids is 3. The predicted molar refractivity (Wildman–Crippen MR) is 135 cm³/mol. The molecule has 2 aromatic carbocycles. The standard InChI is InChI=1S/C25H29N3O7S/c1-32-13-14-33-20-9-7-18(8-10-20)23(30)27-25(36)28-12-11-26-24(31)21(28)17-22(29)35-16-15-34-19-5-3-2-4-6-19/h2-10,21H,11-17H2,1H3,(H,26,31)(H,27,30,36). The van der Waals surface area contributed by atoms with Gasteiger partial charge in [-0.15, -0.1) is 0 Å². The summed E-state index contributed by atoms with van der Waals surface area (Å²) >= 11 is 5.39. The molecule has 1 aliphatic rings. The Balaban J connectivity index is 1.49. The smallest absolute Gasteiger partial charge is 0.308 e. The molecule has 1 saturated heterocycles. The molecule has 0 aromatic heterocycles. The fourth-order valence-electron chi connectivity index (χ4n) is 3.40. The van der Waals surface area contributed by atoms with Crippen LogP contribution in [0.3, 0.4) is 0 Å².